The van der Waals surface area contributed by atoms with Gasteiger partial charge in [0.25, 0.3) is 0 Å². The SMILES string of the molecule is C#CCOc1c(CCC)[c]nn1C. The van der Waals surface area contributed by atoms with Crippen LogP contribution in [0.1, 0.15) is 18.9 Å². The second-order valence-corrected chi connectivity index (χ2v) is 2.76. The van der Waals surface area contributed by atoms with Gasteiger partial charge in [0, 0.05) is 12.6 Å². The Morgan fingerprint density at radius 3 is 3.08 bits per heavy atom. The molecule has 0 aliphatic heterocycles. The first kappa shape index (κ1) is 9.66. The lowest BCUT2D eigenvalue weighted by atomic mass is 10.2. The largest absolute Gasteiger partial charge is 0.464 e. The molecular formula is C10H13N2O. The van der Waals surface area contributed by atoms with Gasteiger partial charge in [-0.2, -0.15) is 5.10 Å². The third-order valence-corrected chi connectivity index (χ3v) is 1.68. The molecule has 3 nitrogen and oxygen atoms in total. The van der Waals surface area contributed by atoms with E-state index in [0.29, 0.717) is 0 Å². The molecule has 0 amide bonds. The topological polar surface area (TPSA) is 27.1 Å². The smallest absolute Gasteiger partial charge is 0.216 e. The van der Waals surface area contributed by atoms with E-state index in [9.17, 15) is 0 Å². The van der Waals surface area contributed by atoms with Gasteiger partial charge in [0.05, 0.1) is 0 Å². The van der Waals surface area contributed by atoms with Gasteiger partial charge in [-0.1, -0.05) is 19.3 Å². The maximum Gasteiger partial charge on any atom is 0.216 e. The lowest BCUT2D eigenvalue weighted by molar-refractivity contribution is 0.331. The maximum atomic E-state index is 5.34. The van der Waals surface area contributed by atoms with E-state index in [-0.39, 0.29) is 6.61 Å². The van der Waals surface area contributed by atoms with Gasteiger partial charge in [-0.25, -0.2) is 4.68 Å². The lowest BCUT2D eigenvalue weighted by Gasteiger charge is -2.04. The number of terminal acetylenes is 1. The Kier molecular flexibility index (Phi) is 3.39. The fraction of sp³-hybridized carbons (Fsp3) is 0.500. The van der Waals surface area contributed by atoms with Crippen LogP contribution in [0.25, 0.3) is 0 Å². The van der Waals surface area contributed by atoms with Crippen LogP contribution in [0.15, 0.2) is 0 Å². The number of hydrogen-bond donors (Lipinski definition) is 0. The van der Waals surface area contributed by atoms with Gasteiger partial charge in [0.2, 0.25) is 5.88 Å². The summed E-state index contributed by atoms with van der Waals surface area (Å²) >= 11 is 0. The van der Waals surface area contributed by atoms with Crippen LogP contribution in [0.3, 0.4) is 0 Å². The minimum absolute atomic E-state index is 0.282. The van der Waals surface area contributed by atoms with Gasteiger partial charge in [-0.15, -0.1) is 6.42 Å². The van der Waals surface area contributed by atoms with Crippen molar-refractivity contribution in [3.05, 3.63) is 11.8 Å². The van der Waals surface area contributed by atoms with Gasteiger partial charge in [-0.3, -0.25) is 0 Å². The Morgan fingerprint density at radius 2 is 2.46 bits per heavy atom. The predicted molar refractivity (Wildman–Crippen MR) is 50.4 cm³/mol. The molecule has 1 heterocycles. The molecular weight excluding hydrogens is 164 g/mol. The molecule has 1 rings (SSSR count). The third-order valence-electron chi connectivity index (χ3n) is 1.68. The molecule has 69 valence electrons. The second-order valence-electron chi connectivity index (χ2n) is 2.76. The summed E-state index contributed by atoms with van der Waals surface area (Å²) in [6.07, 6.45) is 9.98. The van der Waals surface area contributed by atoms with Crippen LogP contribution in [0.4, 0.5) is 0 Å². The molecule has 0 aliphatic carbocycles. The van der Waals surface area contributed by atoms with E-state index in [2.05, 4.69) is 24.1 Å². The lowest BCUT2D eigenvalue weighted by Crippen LogP contribution is -2.02. The first-order valence-electron chi connectivity index (χ1n) is 4.29. The van der Waals surface area contributed by atoms with E-state index in [1.54, 1.807) is 4.68 Å². The molecule has 0 fully saturated rings. The molecule has 3 heteroatoms. The molecule has 1 aromatic rings. The third kappa shape index (κ3) is 2.25. The van der Waals surface area contributed by atoms with Crippen LogP contribution >= 0.6 is 0 Å². The first-order valence-corrected chi connectivity index (χ1v) is 4.29. The number of ether oxygens (including phenoxy) is 1. The van der Waals surface area contributed by atoms with Crippen molar-refractivity contribution in [3.8, 4) is 18.2 Å². The van der Waals surface area contributed by atoms with E-state index in [4.69, 9.17) is 11.2 Å². The van der Waals surface area contributed by atoms with Gasteiger partial charge < -0.3 is 4.74 Å². The van der Waals surface area contributed by atoms with Gasteiger partial charge >= 0.3 is 0 Å². The van der Waals surface area contributed by atoms with Crippen LogP contribution in [-0.2, 0) is 13.5 Å². The highest BCUT2D eigenvalue weighted by Crippen LogP contribution is 2.17. The van der Waals surface area contributed by atoms with Crippen molar-refractivity contribution in [2.75, 3.05) is 6.61 Å². The minimum Gasteiger partial charge on any atom is -0.464 e. The molecule has 0 saturated heterocycles. The summed E-state index contributed by atoms with van der Waals surface area (Å²) in [5, 5.41) is 3.99. The quantitative estimate of drug-likeness (QED) is 0.646. The van der Waals surface area contributed by atoms with E-state index < -0.39 is 0 Å². The summed E-state index contributed by atoms with van der Waals surface area (Å²) in [5.41, 5.74) is 1.00. The Morgan fingerprint density at radius 1 is 1.69 bits per heavy atom. The van der Waals surface area contributed by atoms with Crippen molar-refractivity contribution < 1.29 is 4.74 Å². The zero-order chi connectivity index (χ0) is 9.68. The minimum atomic E-state index is 0.282. The Labute approximate surface area is 78.7 Å². The summed E-state index contributed by atoms with van der Waals surface area (Å²) < 4.78 is 7.00. The fourth-order valence-corrected chi connectivity index (χ4v) is 1.13. The molecule has 0 spiro atoms. The second kappa shape index (κ2) is 4.56. The van der Waals surface area contributed by atoms with E-state index in [1.807, 2.05) is 7.05 Å². The summed E-state index contributed by atoms with van der Waals surface area (Å²) in [5.74, 6) is 3.16. The van der Waals surface area contributed by atoms with Crippen LogP contribution < -0.4 is 4.74 Å². The molecule has 1 aromatic heterocycles. The number of hydrogen-bond acceptors (Lipinski definition) is 2. The number of aromatic nitrogens is 2. The first-order chi connectivity index (χ1) is 6.29. The average Bonchev–Trinajstić information content (AvgIpc) is 2.45. The molecule has 0 unspecified atom stereocenters. The number of aryl methyl sites for hydroxylation is 2. The highest BCUT2D eigenvalue weighted by atomic mass is 16.5. The van der Waals surface area contributed by atoms with Gasteiger partial charge in [-0.05, 0) is 6.42 Å². The van der Waals surface area contributed by atoms with Crippen molar-refractivity contribution >= 4 is 0 Å². The van der Waals surface area contributed by atoms with Gasteiger partial charge in [0.15, 0.2) is 6.61 Å². The molecule has 0 atom stereocenters. The van der Waals surface area contributed by atoms with Crippen LogP contribution in [0.5, 0.6) is 5.88 Å². The van der Waals surface area contributed by atoms with E-state index in [0.717, 1.165) is 24.3 Å². The maximum absolute atomic E-state index is 5.34. The zero-order valence-corrected chi connectivity index (χ0v) is 8.00. The van der Waals surface area contributed by atoms with Crippen molar-refractivity contribution in [2.45, 2.75) is 19.8 Å². The Hall–Kier alpha value is -1.43. The molecule has 0 saturated carbocycles. The standard InChI is InChI=1S/C10H13N2O/c1-4-6-9-8-11-12(3)10(9)13-7-5-2/h2H,4,6-7H2,1,3H3. The molecule has 0 aromatic carbocycles. The Bertz CT molecular complexity index is 309. The summed E-state index contributed by atoms with van der Waals surface area (Å²) in [7, 11) is 1.82. The van der Waals surface area contributed by atoms with E-state index >= 15 is 0 Å². The normalized spacial score (nSPS) is 9.62. The molecule has 0 aliphatic rings. The summed E-state index contributed by atoms with van der Waals surface area (Å²) in [4.78, 5) is 0. The number of rotatable bonds is 4. The average molecular weight is 177 g/mol. The summed E-state index contributed by atoms with van der Waals surface area (Å²) in [6.45, 7) is 2.38. The van der Waals surface area contributed by atoms with Crippen molar-refractivity contribution in [1.29, 1.82) is 0 Å². The van der Waals surface area contributed by atoms with Crippen LogP contribution in [0, 0.1) is 18.5 Å². The molecule has 13 heavy (non-hydrogen) atoms. The fourth-order valence-electron chi connectivity index (χ4n) is 1.13. The van der Waals surface area contributed by atoms with Crippen molar-refractivity contribution in [1.82, 2.24) is 9.78 Å². The number of nitrogens with zero attached hydrogens (tertiary/aromatic N) is 2. The summed E-state index contributed by atoms with van der Waals surface area (Å²) in [6, 6.07) is 0. The zero-order valence-electron chi connectivity index (χ0n) is 8.00. The van der Waals surface area contributed by atoms with Gasteiger partial charge in [0.1, 0.15) is 6.20 Å². The van der Waals surface area contributed by atoms with Crippen molar-refractivity contribution in [2.24, 2.45) is 7.05 Å². The highest BCUT2D eigenvalue weighted by molar-refractivity contribution is 5.23. The predicted octanol–water partition coefficient (Wildman–Crippen LogP) is 1.18. The van der Waals surface area contributed by atoms with E-state index in [1.165, 1.54) is 0 Å². The highest BCUT2D eigenvalue weighted by Gasteiger charge is 2.08. The van der Waals surface area contributed by atoms with Crippen LogP contribution in [-0.4, -0.2) is 16.4 Å². The van der Waals surface area contributed by atoms with Crippen LogP contribution in [0.2, 0.25) is 0 Å². The Balaban J connectivity index is 2.76. The molecule has 0 bridgehead atoms. The molecule has 0 N–H and O–H groups in total. The monoisotopic (exact) mass is 177 g/mol. The molecule has 1 radical (unpaired) electrons. The van der Waals surface area contributed by atoms with Crippen molar-refractivity contribution in [3.63, 3.8) is 0 Å².